The molecule has 1 aliphatic heterocycles. The first-order chi connectivity index (χ1) is 16.0. The van der Waals surface area contributed by atoms with Crippen molar-refractivity contribution in [3.05, 3.63) is 83.4 Å². The SMILES string of the molecule is Cc1cc([C@H]2[C@H](c3ccccn3)NC(=S)N2CCC(=O)Nc2ccccc2)c(C)n1C1CC1. The number of nitrogens with one attached hydrogen (secondary N) is 2. The minimum absolute atomic E-state index is 0.0179. The Bertz CT molecular complexity index is 1160. The van der Waals surface area contributed by atoms with E-state index in [0.29, 0.717) is 24.1 Å². The number of carbonyl (C=O) groups is 1. The van der Waals surface area contributed by atoms with Gasteiger partial charge in [-0.05, 0) is 74.8 Å². The molecular formula is C26H29N5OS. The van der Waals surface area contributed by atoms with E-state index in [1.165, 1.54) is 29.8 Å². The van der Waals surface area contributed by atoms with E-state index < -0.39 is 0 Å². The molecule has 1 aromatic carbocycles. The molecule has 0 spiro atoms. The fourth-order valence-electron chi connectivity index (χ4n) is 4.95. The van der Waals surface area contributed by atoms with Gasteiger partial charge in [-0.25, -0.2) is 0 Å². The maximum absolute atomic E-state index is 12.7. The molecule has 2 atom stereocenters. The summed E-state index contributed by atoms with van der Waals surface area (Å²) in [7, 11) is 0. The highest BCUT2D eigenvalue weighted by molar-refractivity contribution is 7.80. The fraction of sp³-hybridized carbons (Fsp3) is 0.346. The summed E-state index contributed by atoms with van der Waals surface area (Å²) in [6.45, 7) is 4.92. The summed E-state index contributed by atoms with van der Waals surface area (Å²) in [5, 5.41) is 7.14. The van der Waals surface area contributed by atoms with Gasteiger partial charge in [0, 0.05) is 42.3 Å². The van der Waals surface area contributed by atoms with Crippen LogP contribution in [0.15, 0.2) is 60.8 Å². The first-order valence-electron chi connectivity index (χ1n) is 11.5. The second-order valence-electron chi connectivity index (χ2n) is 8.91. The molecule has 1 aliphatic carbocycles. The molecule has 1 amide bonds. The Hall–Kier alpha value is -3.19. The van der Waals surface area contributed by atoms with Gasteiger partial charge < -0.3 is 20.1 Å². The van der Waals surface area contributed by atoms with Gasteiger partial charge in [-0.2, -0.15) is 0 Å². The number of carbonyl (C=O) groups excluding carboxylic acids is 1. The van der Waals surface area contributed by atoms with Crippen LogP contribution in [-0.2, 0) is 4.79 Å². The Morgan fingerprint density at radius 1 is 1.15 bits per heavy atom. The van der Waals surface area contributed by atoms with E-state index in [-0.39, 0.29) is 18.0 Å². The van der Waals surface area contributed by atoms with Crippen LogP contribution in [0.3, 0.4) is 0 Å². The molecule has 0 radical (unpaired) electrons. The second-order valence-corrected chi connectivity index (χ2v) is 9.30. The highest BCUT2D eigenvalue weighted by Crippen LogP contribution is 2.44. The average molecular weight is 460 g/mol. The molecule has 5 rings (SSSR count). The predicted octanol–water partition coefficient (Wildman–Crippen LogP) is 4.84. The predicted molar refractivity (Wildman–Crippen MR) is 134 cm³/mol. The van der Waals surface area contributed by atoms with Crippen molar-refractivity contribution in [1.82, 2.24) is 19.8 Å². The summed E-state index contributed by atoms with van der Waals surface area (Å²) in [5.41, 5.74) is 5.58. The largest absolute Gasteiger partial charge is 0.352 e. The monoisotopic (exact) mass is 459 g/mol. The van der Waals surface area contributed by atoms with Crippen LogP contribution in [0.1, 0.15) is 60.0 Å². The Kier molecular flexibility index (Phi) is 5.89. The van der Waals surface area contributed by atoms with E-state index >= 15 is 0 Å². The van der Waals surface area contributed by atoms with Crippen LogP contribution in [0, 0.1) is 13.8 Å². The summed E-state index contributed by atoms with van der Waals surface area (Å²) < 4.78 is 2.46. The topological polar surface area (TPSA) is 62.2 Å². The van der Waals surface area contributed by atoms with Gasteiger partial charge in [-0.3, -0.25) is 9.78 Å². The number of aryl methyl sites for hydroxylation is 1. The lowest BCUT2D eigenvalue weighted by atomic mass is 9.96. The van der Waals surface area contributed by atoms with E-state index in [1.807, 2.05) is 54.7 Å². The second kappa shape index (κ2) is 8.98. The fourth-order valence-corrected chi connectivity index (χ4v) is 5.28. The number of hydrogen-bond acceptors (Lipinski definition) is 3. The summed E-state index contributed by atoms with van der Waals surface area (Å²) >= 11 is 5.77. The van der Waals surface area contributed by atoms with Gasteiger partial charge in [0.05, 0.1) is 17.8 Å². The standard InChI is InChI=1S/C26H29N5OS/c1-17-16-21(18(2)31(17)20-11-12-20)25-24(22-10-6-7-14-27-22)29-26(33)30(25)15-13-23(32)28-19-8-4-3-5-9-19/h3-10,14,16,20,24-25H,11-13,15H2,1-2H3,(H,28,32)(H,29,33)/t24-,25-/m0/s1. The quantitative estimate of drug-likeness (QED) is 0.495. The number of aromatic nitrogens is 2. The third kappa shape index (κ3) is 4.37. The van der Waals surface area contributed by atoms with Crippen molar-refractivity contribution in [2.45, 2.75) is 51.2 Å². The van der Waals surface area contributed by atoms with Gasteiger partial charge in [0.2, 0.25) is 5.91 Å². The molecule has 7 heteroatoms. The lowest BCUT2D eigenvalue weighted by Gasteiger charge is -2.28. The minimum Gasteiger partial charge on any atom is -0.352 e. The third-order valence-electron chi connectivity index (χ3n) is 6.59. The summed E-state index contributed by atoms with van der Waals surface area (Å²) in [4.78, 5) is 19.5. The number of thiocarbonyl (C=S) groups is 1. The van der Waals surface area contributed by atoms with Crippen molar-refractivity contribution >= 4 is 28.9 Å². The molecule has 2 N–H and O–H groups in total. The molecule has 3 heterocycles. The third-order valence-corrected chi connectivity index (χ3v) is 6.94. The van der Waals surface area contributed by atoms with Crippen molar-refractivity contribution in [3.8, 4) is 0 Å². The molecule has 2 aliphatic rings. The lowest BCUT2D eigenvalue weighted by molar-refractivity contribution is -0.116. The van der Waals surface area contributed by atoms with Gasteiger partial charge in [0.1, 0.15) is 0 Å². The van der Waals surface area contributed by atoms with E-state index in [0.717, 1.165) is 11.4 Å². The first-order valence-corrected chi connectivity index (χ1v) is 11.9. The molecule has 2 fully saturated rings. The van der Waals surface area contributed by atoms with Crippen LogP contribution in [0.4, 0.5) is 5.69 Å². The number of anilines is 1. The zero-order valence-corrected chi connectivity index (χ0v) is 19.8. The van der Waals surface area contributed by atoms with Gasteiger partial charge in [-0.15, -0.1) is 0 Å². The van der Waals surface area contributed by atoms with Crippen LogP contribution in [-0.4, -0.2) is 32.0 Å². The van der Waals surface area contributed by atoms with Crippen LogP contribution < -0.4 is 10.6 Å². The van der Waals surface area contributed by atoms with Gasteiger partial charge in [0.15, 0.2) is 5.11 Å². The summed E-state index contributed by atoms with van der Waals surface area (Å²) in [6.07, 6.45) is 4.65. The number of hydrogen-bond donors (Lipinski definition) is 2. The molecule has 2 aromatic heterocycles. The van der Waals surface area contributed by atoms with Gasteiger partial charge >= 0.3 is 0 Å². The highest BCUT2D eigenvalue weighted by atomic mass is 32.1. The molecule has 1 saturated heterocycles. The molecule has 6 nitrogen and oxygen atoms in total. The number of nitrogens with zero attached hydrogens (tertiary/aromatic N) is 3. The lowest BCUT2D eigenvalue weighted by Crippen LogP contribution is -2.32. The van der Waals surface area contributed by atoms with Crippen LogP contribution >= 0.6 is 12.2 Å². The molecule has 0 unspecified atom stereocenters. The van der Waals surface area contributed by atoms with Crippen molar-refractivity contribution < 1.29 is 4.79 Å². The molecule has 1 saturated carbocycles. The summed E-state index contributed by atoms with van der Waals surface area (Å²) in [6, 6.07) is 18.3. The zero-order chi connectivity index (χ0) is 22.9. The number of pyridine rings is 1. The Morgan fingerprint density at radius 3 is 2.61 bits per heavy atom. The maximum atomic E-state index is 12.7. The minimum atomic E-state index is -0.0657. The number of benzene rings is 1. The highest BCUT2D eigenvalue weighted by Gasteiger charge is 2.42. The Balaban J connectivity index is 1.42. The van der Waals surface area contributed by atoms with E-state index in [2.05, 4.69) is 45.0 Å². The van der Waals surface area contributed by atoms with Crippen molar-refractivity contribution in [1.29, 1.82) is 0 Å². The zero-order valence-electron chi connectivity index (χ0n) is 19.0. The Morgan fingerprint density at radius 2 is 1.91 bits per heavy atom. The van der Waals surface area contributed by atoms with Crippen LogP contribution in [0.5, 0.6) is 0 Å². The molecule has 33 heavy (non-hydrogen) atoms. The van der Waals surface area contributed by atoms with Crippen LogP contribution in [0.2, 0.25) is 0 Å². The van der Waals surface area contributed by atoms with E-state index in [9.17, 15) is 4.79 Å². The number of para-hydroxylation sites is 1. The molecule has 3 aromatic rings. The van der Waals surface area contributed by atoms with Crippen molar-refractivity contribution in [3.63, 3.8) is 0 Å². The smallest absolute Gasteiger partial charge is 0.226 e. The van der Waals surface area contributed by atoms with E-state index in [1.54, 1.807) is 0 Å². The Labute approximate surface area is 200 Å². The normalized spacial score (nSPS) is 20.1. The number of rotatable bonds is 7. The van der Waals surface area contributed by atoms with Crippen molar-refractivity contribution in [2.24, 2.45) is 0 Å². The number of amides is 1. The summed E-state index contributed by atoms with van der Waals surface area (Å²) in [5.74, 6) is -0.0208. The average Bonchev–Trinajstić information content (AvgIpc) is 3.53. The first kappa shape index (κ1) is 21.6. The molecule has 170 valence electrons. The maximum Gasteiger partial charge on any atom is 0.226 e. The van der Waals surface area contributed by atoms with E-state index in [4.69, 9.17) is 12.2 Å². The van der Waals surface area contributed by atoms with Gasteiger partial charge in [-0.1, -0.05) is 24.3 Å². The van der Waals surface area contributed by atoms with Crippen molar-refractivity contribution in [2.75, 3.05) is 11.9 Å². The molecular weight excluding hydrogens is 430 g/mol. The van der Waals surface area contributed by atoms with Crippen LogP contribution in [0.25, 0.3) is 0 Å². The molecule has 0 bridgehead atoms. The van der Waals surface area contributed by atoms with Gasteiger partial charge in [0.25, 0.3) is 0 Å².